The lowest BCUT2D eigenvalue weighted by Crippen LogP contribution is -2.48. The minimum Gasteiger partial charge on any atom is -0.456 e. The van der Waals surface area contributed by atoms with Crippen molar-refractivity contribution in [3.8, 4) is 0 Å². The minimum absolute atomic E-state index is 0.0229. The molecule has 1 fully saturated rings. The Bertz CT molecular complexity index is 423. The monoisotopic (exact) mass is 270 g/mol. The van der Waals surface area contributed by atoms with Crippen LogP contribution in [0.4, 0.5) is 0 Å². The van der Waals surface area contributed by atoms with Crippen LogP contribution in [0, 0.1) is 6.92 Å². The van der Waals surface area contributed by atoms with E-state index in [0.29, 0.717) is 11.6 Å². The van der Waals surface area contributed by atoms with Crippen molar-refractivity contribution in [3.05, 3.63) is 23.2 Å². The van der Waals surface area contributed by atoms with Crippen LogP contribution in [0.15, 0.2) is 10.5 Å². The maximum absolute atomic E-state index is 12.2. The number of likely N-dealkylation sites (N-methyl/N-ethyl adjacent to an activating group) is 1. The third-order valence-corrected chi connectivity index (χ3v) is 3.77. The highest BCUT2D eigenvalue weighted by atomic mass is 35.5. The minimum atomic E-state index is -0.0229. The molecule has 1 saturated heterocycles. The normalized spacial score (nSPS) is 17.2. The average Bonchev–Trinajstić information content (AvgIpc) is 2.79. The Morgan fingerprint density at radius 2 is 2.06 bits per heavy atom. The standard InChI is InChI=1S/C13H19ClN2O2/c1-3-15-4-6-16(7-5-15)13(17)12-8-11(9-14)10(2)18-12/h8H,3-7,9H2,1-2H3. The Balaban J connectivity index is 2.03. The van der Waals surface area contributed by atoms with Gasteiger partial charge in [-0.05, 0) is 19.5 Å². The molecular weight excluding hydrogens is 252 g/mol. The molecule has 0 radical (unpaired) electrons. The molecule has 0 bridgehead atoms. The molecule has 2 rings (SSSR count). The summed E-state index contributed by atoms with van der Waals surface area (Å²) in [5.74, 6) is 1.51. The van der Waals surface area contributed by atoms with Crippen LogP contribution in [0.1, 0.15) is 28.8 Å². The van der Waals surface area contributed by atoms with Crippen molar-refractivity contribution < 1.29 is 9.21 Å². The van der Waals surface area contributed by atoms with E-state index in [9.17, 15) is 4.79 Å². The summed E-state index contributed by atoms with van der Waals surface area (Å²) < 4.78 is 5.48. The van der Waals surface area contributed by atoms with Gasteiger partial charge in [-0.2, -0.15) is 0 Å². The highest BCUT2D eigenvalue weighted by Crippen LogP contribution is 2.18. The van der Waals surface area contributed by atoms with Gasteiger partial charge in [-0.15, -0.1) is 11.6 Å². The van der Waals surface area contributed by atoms with Crippen LogP contribution in [-0.2, 0) is 5.88 Å². The molecular formula is C13H19ClN2O2. The molecule has 5 heteroatoms. The molecule has 0 unspecified atom stereocenters. The number of amides is 1. The summed E-state index contributed by atoms with van der Waals surface area (Å²) >= 11 is 5.78. The van der Waals surface area contributed by atoms with Crippen LogP contribution in [-0.4, -0.2) is 48.4 Å². The van der Waals surface area contributed by atoms with Crippen LogP contribution in [0.25, 0.3) is 0 Å². The van der Waals surface area contributed by atoms with Crippen LogP contribution >= 0.6 is 11.6 Å². The fraction of sp³-hybridized carbons (Fsp3) is 0.615. The van der Waals surface area contributed by atoms with Crippen molar-refractivity contribution in [1.29, 1.82) is 0 Å². The van der Waals surface area contributed by atoms with Gasteiger partial charge in [0.05, 0.1) is 5.88 Å². The lowest BCUT2D eigenvalue weighted by molar-refractivity contribution is 0.0611. The molecule has 100 valence electrons. The SMILES string of the molecule is CCN1CCN(C(=O)c2cc(CCl)c(C)o2)CC1. The average molecular weight is 271 g/mol. The summed E-state index contributed by atoms with van der Waals surface area (Å²) in [6.45, 7) is 8.42. The van der Waals surface area contributed by atoms with Gasteiger partial charge in [-0.3, -0.25) is 4.79 Å². The summed E-state index contributed by atoms with van der Waals surface area (Å²) in [6.07, 6.45) is 0. The molecule has 4 nitrogen and oxygen atoms in total. The molecule has 0 aromatic carbocycles. The fourth-order valence-electron chi connectivity index (χ4n) is 2.18. The molecule has 1 aromatic rings. The Morgan fingerprint density at radius 1 is 1.39 bits per heavy atom. The first-order valence-electron chi connectivity index (χ1n) is 6.32. The van der Waals surface area contributed by atoms with E-state index < -0.39 is 0 Å². The lowest BCUT2D eigenvalue weighted by Gasteiger charge is -2.33. The zero-order chi connectivity index (χ0) is 13.1. The lowest BCUT2D eigenvalue weighted by atomic mass is 10.2. The first kappa shape index (κ1) is 13.4. The van der Waals surface area contributed by atoms with Gasteiger partial charge in [0.25, 0.3) is 5.91 Å². The van der Waals surface area contributed by atoms with Crippen molar-refractivity contribution in [2.75, 3.05) is 32.7 Å². The zero-order valence-electron chi connectivity index (χ0n) is 10.9. The van der Waals surface area contributed by atoms with Gasteiger partial charge >= 0.3 is 0 Å². The Labute approximate surface area is 112 Å². The first-order valence-corrected chi connectivity index (χ1v) is 6.86. The van der Waals surface area contributed by atoms with Crippen LogP contribution in [0.5, 0.6) is 0 Å². The predicted octanol–water partition coefficient (Wildman–Crippen LogP) is 2.10. The maximum Gasteiger partial charge on any atom is 0.289 e. The molecule has 0 N–H and O–H groups in total. The number of hydrogen-bond acceptors (Lipinski definition) is 3. The van der Waals surface area contributed by atoms with Crippen LogP contribution in [0.2, 0.25) is 0 Å². The Hall–Kier alpha value is -1.00. The number of rotatable bonds is 3. The summed E-state index contributed by atoms with van der Waals surface area (Å²) in [7, 11) is 0. The van der Waals surface area contributed by atoms with Gasteiger partial charge in [0.1, 0.15) is 5.76 Å². The van der Waals surface area contributed by atoms with Crippen molar-refractivity contribution in [2.45, 2.75) is 19.7 Å². The van der Waals surface area contributed by atoms with Crippen LogP contribution in [0.3, 0.4) is 0 Å². The number of carbonyl (C=O) groups is 1. The van der Waals surface area contributed by atoms with Gasteiger partial charge in [0.15, 0.2) is 5.76 Å². The van der Waals surface area contributed by atoms with Gasteiger partial charge in [0.2, 0.25) is 0 Å². The van der Waals surface area contributed by atoms with Gasteiger partial charge in [-0.25, -0.2) is 0 Å². The largest absolute Gasteiger partial charge is 0.456 e. The van der Waals surface area contributed by atoms with Gasteiger partial charge < -0.3 is 14.2 Å². The number of alkyl halides is 1. The topological polar surface area (TPSA) is 36.7 Å². The fourth-order valence-corrected chi connectivity index (χ4v) is 2.45. The molecule has 1 aliphatic rings. The number of halogens is 1. The third-order valence-electron chi connectivity index (χ3n) is 3.48. The number of aryl methyl sites for hydroxylation is 1. The van der Waals surface area contributed by atoms with E-state index in [4.69, 9.17) is 16.0 Å². The molecule has 1 aliphatic heterocycles. The Morgan fingerprint density at radius 3 is 2.56 bits per heavy atom. The van der Waals surface area contributed by atoms with Crippen molar-refractivity contribution in [2.24, 2.45) is 0 Å². The number of furan rings is 1. The molecule has 1 amide bonds. The molecule has 0 aliphatic carbocycles. The van der Waals surface area contributed by atoms with E-state index in [-0.39, 0.29) is 5.91 Å². The van der Waals surface area contributed by atoms with E-state index in [1.54, 1.807) is 6.07 Å². The van der Waals surface area contributed by atoms with Gasteiger partial charge in [-0.1, -0.05) is 6.92 Å². The van der Waals surface area contributed by atoms with E-state index in [0.717, 1.165) is 44.0 Å². The van der Waals surface area contributed by atoms with Crippen molar-refractivity contribution in [1.82, 2.24) is 9.80 Å². The highest BCUT2D eigenvalue weighted by Gasteiger charge is 2.24. The molecule has 0 atom stereocenters. The second-order valence-corrected chi connectivity index (χ2v) is 4.82. The van der Waals surface area contributed by atoms with E-state index >= 15 is 0 Å². The third kappa shape index (κ3) is 2.70. The number of carbonyl (C=O) groups excluding carboxylic acids is 1. The summed E-state index contributed by atoms with van der Waals surface area (Å²) in [6, 6.07) is 1.76. The zero-order valence-corrected chi connectivity index (χ0v) is 11.7. The van der Waals surface area contributed by atoms with Gasteiger partial charge in [0, 0.05) is 31.7 Å². The van der Waals surface area contributed by atoms with E-state index in [1.807, 2.05) is 11.8 Å². The Kier molecular flexibility index (Phi) is 4.30. The van der Waals surface area contributed by atoms with E-state index in [2.05, 4.69) is 11.8 Å². The number of nitrogens with zero attached hydrogens (tertiary/aromatic N) is 2. The van der Waals surface area contributed by atoms with Crippen molar-refractivity contribution >= 4 is 17.5 Å². The molecule has 0 saturated carbocycles. The first-order chi connectivity index (χ1) is 8.65. The van der Waals surface area contributed by atoms with Crippen molar-refractivity contribution in [3.63, 3.8) is 0 Å². The molecule has 1 aromatic heterocycles. The number of piperazine rings is 1. The highest BCUT2D eigenvalue weighted by molar-refractivity contribution is 6.17. The summed E-state index contributed by atoms with van der Waals surface area (Å²) in [4.78, 5) is 16.4. The second kappa shape index (κ2) is 5.76. The molecule has 18 heavy (non-hydrogen) atoms. The molecule has 2 heterocycles. The predicted molar refractivity (Wildman–Crippen MR) is 71.0 cm³/mol. The summed E-state index contributed by atoms with van der Waals surface area (Å²) in [5.41, 5.74) is 0.896. The molecule has 0 spiro atoms. The number of hydrogen-bond donors (Lipinski definition) is 0. The maximum atomic E-state index is 12.2. The van der Waals surface area contributed by atoms with Crippen LogP contribution < -0.4 is 0 Å². The quantitative estimate of drug-likeness (QED) is 0.790. The second-order valence-electron chi connectivity index (χ2n) is 4.55. The van der Waals surface area contributed by atoms with E-state index in [1.165, 1.54) is 0 Å². The summed E-state index contributed by atoms with van der Waals surface area (Å²) in [5, 5.41) is 0. The smallest absolute Gasteiger partial charge is 0.289 e.